The second kappa shape index (κ2) is 53.2. The van der Waals surface area contributed by atoms with Gasteiger partial charge in [0.2, 0.25) is 41.4 Å². The molecule has 10 fully saturated rings. The molecule has 0 aliphatic carbocycles. The maximum atomic E-state index is 13.6. The number of nitrogens with one attached hydrogen (secondary N) is 7. The highest BCUT2D eigenvalue weighted by molar-refractivity contribution is 5.79. The van der Waals surface area contributed by atoms with Crippen LogP contribution >= 0.6 is 0 Å². The van der Waals surface area contributed by atoms with Gasteiger partial charge in [0.15, 0.2) is 44.0 Å². The summed E-state index contributed by atoms with van der Waals surface area (Å²) in [6.45, 7) is -6.71. The molecule has 7 amide bonds. The van der Waals surface area contributed by atoms with Crippen LogP contribution in [0.4, 0.5) is 0 Å². The zero-order chi connectivity index (χ0) is 112. The molecule has 10 heterocycles. The lowest BCUT2D eigenvalue weighted by atomic mass is 9.88. The highest BCUT2D eigenvalue weighted by Gasteiger charge is 2.65. The van der Waals surface area contributed by atoms with E-state index in [0.717, 1.165) is 48.5 Å². The van der Waals surface area contributed by atoms with Gasteiger partial charge in [0.1, 0.15) is 226 Å². The lowest BCUT2D eigenvalue weighted by Crippen LogP contribution is -2.71. The van der Waals surface area contributed by atoms with Gasteiger partial charge in [-0.25, -0.2) is 14.4 Å². The highest BCUT2D eigenvalue weighted by Crippen LogP contribution is 2.44. The van der Waals surface area contributed by atoms with Crippen LogP contribution in [-0.4, -0.2) is 607 Å². The van der Waals surface area contributed by atoms with E-state index in [4.69, 9.17) is 90.0 Å². The Hall–Kier alpha value is -7.18. The minimum Gasteiger partial charge on any atom is -0.477 e. The normalized spacial score (nSPS) is 43.7. The van der Waals surface area contributed by atoms with Gasteiger partial charge in [0.05, 0.1) is 103 Å². The van der Waals surface area contributed by atoms with Crippen molar-refractivity contribution in [1.82, 2.24) is 37.2 Å². The SMILES string of the molecule is CC(=O)N[C@H]1[C@H](O[C@H]2[C@@H](O)[C@@H](CO[C@]3(C(=O)O)C[C@H](O)[C@@H](NC(C)=O)[C@H]([C@H](O)[C@H](O)CO)O3)OC(O)[C@@H]2NC(C)=O)O[C@H](CO)[C@@H](O[C@@H]2O[C@H](CO[C@@H]3O[C@H](CO)[C@@H](O)[C@H](O[C@@H]4O[C@H](CO[C@]5(C(=O)O)C[C@H](O)[C@@H](NC(C)=O)[C@H]([C@H](O)[C@H](O)CO)O5)[C@H](O)[C@H](O)[C@H]4O)[C@H]3NC(C)=O)[C@H](O)[C@H](O[C@@H]3O[C@H](CO)[C@@H](O)[C@H](O[C@@H]4O[C@H](CO[C@]5(C(=O)O)C[C@H](O)[C@@H](NC(C)=O)[C@H]([C@H](O)[C@H](O)CO)O5)[C@H](O)[C@H](O)[C@H]4O)[C@H]3NC(C)=O)[C@H]2O)[C@@H]1O. The molecule has 67 heteroatoms. The molecule has 0 saturated carbocycles. The van der Waals surface area contributed by atoms with E-state index in [9.17, 15) is 206 Å². The Bertz CT molecular complexity index is 4450. The number of carbonyl (C=O) groups is 10. The van der Waals surface area contributed by atoms with E-state index < -0.39 is 468 Å². The Balaban J connectivity index is 0.988. The lowest BCUT2D eigenvalue weighted by Gasteiger charge is -2.51. The number of rotatable bonds is 44. The lowest BCUT2D eigenvalue weighted by molar-refractivity contribution is -0.385. The minimum absolute atomic E-state index is 0.809. The molecule has 0 spiro atoms. The van der Waals surface area contributed by atoms with Gasteiger partial charge < -0.3 is 286 Å². The van der Waals surface area contributed by atoms with E-state index in [2.05, 4.69) is 37.2 Å². The molecule has 0 radical (unpaired) electrons. The Morgan fingerprint density at radius 3 is 0.880 bits per heavy atom. The molecule has 67 nitrogen and oxygen atoms in total. The molecule has 150 heavy (non-hydrogen) atoms. The smallest absolute Gasteiger partial charge is 0.364 e. The van der Waals surface area contributed by atoms with Crippen molar-refractivity contribution in [3.8, 4) is 0 Å². The van der Waals surface area contributed by atoms with E-state index in [-0.39, 0.29) is 0 Å². The van der Waals surface area contributed by atoms with Crippen molar-refractivity contribution in [1.29, 1.82) is 0 Å². The highest BCUT2D eigenvalue weighted by atomic mass is 16.8. The third kappa shape index (κ3) is 28.3. The van der Waals surface area contributed by atoms with Crippen molar-refractivity contribution in [2.75, 3.05) is 66.1 Å². The fraction of sp³-hybridized carbons (Fsp3) is 0.880. The van der Waals surface area contributed by atoms with Gasteiger partial charge in [0, 0.05) is 67.7 Å². The van der Waals surface area contributed by atoms with Crippen LogP contribution in [-0.2, 0) is 138 Å². The first-order valence-corrected chi connectivity index (χ1v) is 47.0. The number of ether oxygens (including phenoxy) is 19. The summed E-state index contributed by atoms with van der Waals surface area (Å²) in [6.07, 6.45) is -103. The summed E-state index contributed by atoms with van der Waals surface area (Å²) in [5, 5.41) is 364. The molecule has 53 atom stereocenters. The molecule has 862 valence electrons. The third-order valence-electron chi connectivity index (χ3n) is 26.6. The minimum atomic E-state index is -3.19. The van der Waals surface area contributed by atoms with E-state index in [0.29, 0.717) is 0 Å². The number of hydrogen-bond acceptors (Lipinski definition) is 57. The molecular formula is C83H135N7O60. The molecule has 0 bridgehead atoms. The maximum Gasteiger partial charge on any atom is 0.364 e. The van der Waals surface area contributed by atoms with Crippen LogP contribution in [0, 0.1) is 0 Å². The quantitative estimate of drug-likeness (QED) is 0.0269. The van der Waals surface area contributed by atoms with Crippen LogP contribution in [0.1, 0.15) is 67.7 Å². The molecule has 10 saturated heterocycles. The second-order valence-electron chi connectivity index (χ2n) is 37.6. The molecule has 1 unspecified atom stereocenters. The number of carboxylic acid groups (broad SMARTS) is 3. The largest absolute Gasteiger partial charge is 0.477 e. The van der Waals surface area contributed by atoms with E-state index >= 15 is 0 Å². The number of hydrogen-bond donors (Lipinski definition) is 38. The van der Waals surface area contributed by atoms with Gasteiger partial charge in [0.25, 0.3) is 17.4 Å². The van der Waals surface area contributed by atoms with Crippen molar-refractivity contribution in [3.63, 3.8) is 0 Å². The molecule has 0 aromatic carbocycles. The van der Waals surface area contributed by atoms with E-state index in [1.54, 1.807) is 0 Å². The summed E-state index contributed by atoms with van der Waals surface area (Å²) in [6, 6.07) is -13.8. The van der Waals surface area contributed by atoms with Crippen LogP contribution in [0.2, 0.25) is 0 Å². The van der Waals surface area contributed by atoms with Gasteiger partial charge in [-0.05, 0) is 0 Å². The predicted molar refractivity (Wildman–Crippen MR) is 462 cm³/mol. The van der Waals surface area contributed by atoms with Gasteiger partial charge in [-0.1, -0.05) is 0 Å². The van der Waals surface area contributed by atoms with Gasteiger partial charge >= 0.3 is 17.9 Å². The summed E-state index contributed by atoms with van der Waals surface area (Å²) in [7, 11) is 0. The average Bonchev–Trinajstić information content (AvgIpc) is 0.767. The third-order valence-corrected chi connectivity index (χ3v) is 26.6. The Labute approximate surface area is 847 Å². The molecule has 10 aliphatic rings. The number of aliphatic carboxylic acids is 3. The Morgan fingerprint density at radius 2 is 0.533 bits per heavy atom. The fourth-order valence-corrected chi connectivity index (χ4v) is 18.9. The first kappa shape index (κ1) is 125. The van der Waals surface area contributed by atoms with Gasteiger partial charge in [-0.15, -0.1) is 0 Å². The van der Waals surface area contributed by atoms with Gasteiger partial charge in [-0.2, -0.15) is 0 Å². The first-order valence-electron chi connectivity index (χ1n) is 47.0. The zero-order valence-corrected chi connectivity index (χ0v) is 80.8. The van der Waals surface area contributed by atoms with Crippen LogP contribution < -0.4 is 37.2 Å². The van der Waals surface area contributed by atoms with Crippen LogP contribution in [0.15, 0.2) is 0 Å². The molecular weight excluding hydrogens is 2050 g/mol. The summed E-state index contributed by atoms with van der Waals surface area (Å²) in [4.78, 5) is 130. The fourth-order valence-electron chi connectivity index (χ4n) is 18.9. The first-order chi connectivity index (χ1) is 70.3. The summed E-state index contributed by atoms with van der Waals surface area (Å²) >= 11 is 0. The average molecular weight is 2190 g/mol. The summed E-state index contributed by atoms with van der Waals surface area (Å²) in [5.41, 5.74) is 0. The van der Waals surface area contributed by atoms with Crippen molar-refractivity contribution < 1.29 is 296 Å². The number of carboxylic acids is 3. The van der Waals surface area contributed by atoms with Crippen LogP contribution in [0.3, 0.4) is 0 Å². The van der Waals surface area contributed by atoms with E-state index in [1.165, 1.54) is 0 Å². The van der Waals surface area contributed by atoms with Crippen molar-refractivity contribution in [3.05, 3.63) is 0 Å². The Morgan fingerprint density at radius 1 is 0.273 bits per heavy atom. The van der Waals surface area contributed by atoms with E-state index in [1.807, 2.05) is 0 Å². The molecule has 0 aromatic rings. The number of aliphatic hydroxyl groups excluding tert-OH is 28. The zero-order valence-electron chi connectivity index (χ0n) is 80.8. The standard InChI is InChI=1S/C83H135N7O60/c1-21(97)84-41-28(104)8-81(78(126)127,148-67(41)48(110)31(107)11-91)133-18-38-51(113)58(120)60(122)75(141-38)145-65-46(89-26(6)102)72(137-34(14-94)53(65)115)132-17-37-56(118)70(147-74-47(90-27(7)103)66(54(116)35(15-95)138-74)146-76-61(123)59(121)52(114)39(142-76)19-134-82(79(128)129)9-29(105)42(85-22(2)98)68(149-82)49(111)32(108)12-92)62(124)77(140-37)143-63-36(16-96)139-73(44(57(63)119)87-24(4)100)144-64-45(88-25(5)101)71(125)136-40(55(64)117)20-135-83(80(130)131)10-30(106)43(86-23(3)99)69(150-83)50(112)33(109)13-93/h28-77,91-96,104-125H,8-20H2,1-7H3,(H,84,97)(H,85,98)(H,86,99)(H,87,100)(H,88,101)(H,89,102)(H,90,103)(H,126,127)(H,128,129)(H,130,131)/t28-,29-,30-,31+,32+,33+,34+,35+,36+,37+,38+,39+,40+,41+,42+,43+,44+,45+,46+,47+,48+,49+,50+,51-,52-,53+,54+,55-,56-,57+,58-,59-,60+,61+,62+,63+,64+,65+,66+,67+,68+,69+,70-,71?,72+,73-,74-,75-,76-,77-,81+,82+,83+/m0/s1. The molecule has 38 N–H and O–H groups in total. The topological polar surface area (TPSA) is 1060 Å². The van der Waals surface area contributed by atoms with Crippen molar-refractivity contribution in [2.45, 2.75) is 391 Å². The summed E-state index contributed by atoms with van der Waals surface area (Å²) in [5.74, 6) is -22.9. The Kier molecular flexibility index (Phi) is 44.2. The number of aliphatic hydroxyl groups is 28. The van der Waals surface area contributed by atoms with Crippen LogP contribution in [0.5, 0.6) is 0 Å². The summed E-state index contributed by atoms with van der Waals surface area (Å²) < 4.78 is 113. The second-order valence-corrected chi connectivity index (χ2v) is 37.6. The van der Waals surface area contributed by atoms with Gasteiger partial charge in [-0.3, -0.25) is 33.6 Å². The molecule has 10 rings (SSSR count). The van der Waals surface area contributed by atoms with Crippen molar-refractivity contribution in [2.24, 2.45) is 0 Å². The molecule has 10 aliphatic heterocycles. The number of amides is 7. The predicted octanol–water partition coefficient (Wildman–Crippen LogP) is -24.2. The monoisotopic (exact) mass is 2190 g/mol. The van der Waals surface area contributed by atoms with Crippen molar-refractivity contribution >= 4 is 59.3 Å². The number of carbonyl (C=O) groups excluding carboxylic acids is 7. The van der Waals surface area contributed by atoms with Crippen LogP contribution in [0.25, 0.3) is 0 Å². The molecule has 0 aromatic heterocycles. The maximum absolute atomic E-state index is 13.6.